The van der Waals surface area contributed by atoms with Gasteiger partial charge in [0.05, 0.1) is 18.3 Å². The zero-order chi connectivity index (χ0) is 27.6. The lowest BCUT2D eigenvalue weighted by atomic mass is 9.43. The van der Waals surface area contributed by atoms with E-state index < -0.39 is 48.0 Å². The molecule has 214 valence electrons. The fraction of sp³-hybridized carbons (Fsp3) is 0.833. The topological polar surface area (TPSA) is 73.6 Å². The third-order valence-electron chi connectivity index (χ3n) is 11.8. The van der Waals surface area contributed by atoms with Crippen molar-refractivity contribution in [2.75, 3.05) is 0 Å². The van der Waals surface area contributed by atoms with Crippen molar-refractivity contribution in [3.8, 4) is 0 Å². The van der Waals surface area contributed by atoms with Crippen molar-refractivity contribution < 1.29 is 32.9 Å². The van der Waals surface area contributed by atoms with Crippen molar-refractivity contribution in [2.24, 2.45) is 46.3 Å². The van der Waals surface area contributed by atoms with E-state index in [0.717, 1.165) is 38.2 Å². The minimum atomic E-state index is -2.87. The number of aliphatic hydroxyl groups excluding tert-OH is 3. The Hall–Kier alpha value is -1.25. The van der Waals surface area contributed by atoms with E-state index in [1.165, 1.54) is 6.07 Å². The lowest BCUT2D eigenvalue weighted by Gasteiger charge is -2.63. The van der Waals surface area contributed by atoms with Gasteiger partial charge in [-0.3, -0.25) is 0 Å². The van der Waals surface area contributed by atoms with Crippen LogP contribution < -0.4 is 0 Å². The molecule has 1 unspecified atom stereocenters. The first-order valence-electron chi connectivity index (χ1n) is 14.5. The van der Waals surface area contributed by atoms with Gasteiger partial charge in [-0.15, -0.1) is 0 Å². The van der Waals surface area contributed by atoms with Crippen LogP contribution in [0, 0.1) is 58.2 Å². The van der Waals surface area contributed by atoms with Crippen LogP contribution in [0.25, 0.3) is 0 Å². The van der Waals surface area contributed by atoms with E-state index in [-0.39, 0.29) is 40.6 Å². The van der Waals surface area contributed by atoms with E-state index >= 15 is 8.78 Å². The summed E-state index contributed by atoms with van der Waals surface area (Å²) in [7, 11) is 0. The van der Waals surface area contributed by atoms with Gasteiger partial charge in [0.2, 0.25) is 11.9 Å². The molecule has 0 bridgehead atoms. The maximum absolute atomic E-state index is 15.9. The highest BCUT2D eigenvalue weighted by Gasteiger charge is 2.69. The number of hydrogen-bond donors (Lipinski definition) is 3. The van der Waals surface area contributed by atoms with Gasteiger partial charge >= 0.3 is 0 Å². The van der Waals surface area contributed by atoms with Gasteiger partial charge in [-0.25, -0.2) is 8.78 Å². The molecule has 1 aromatic heterocycles. The first kappa shape index (κ1) is 28.3. The summed E-state index contributed by atoms with van der Waals surface area (Å²) >= 11 is 0. The quantitative estimate of drug-likeness (QED) is 0.286. The lowest BCUT2D eigenvalue weighted by molar-refractivity contribution is -0.258. The summed E-state index contributed by atoms with van der Waals surface area (Å²) in [6.45, 7) is 6.47. The van der Waals surface area contributed by atoms with Crippen LogP contribution >= 0.6 is 0 Å². The molecule has 4 aliphatic carbocycles. The molecule has 8 heteroatoms. The summed E-state index contributed by atoms with van der Waals surface area (Å²) in [6.07, 6.45) is 2.83. The first-order valence-corrected chi connectivity index (χ1v) is 14.5. The maximum Gasteiger partial charge on any atom is 0.251 e. The fourth-order valence-electron chi connectivity index (χ4n) is 9.82. The van der Waals surface area contributed by atoms with Gasteiger partial charge in [-0.2, -0.15) is 13.8 Å². The lowest BCUT2D eigenvalue weighted by Crippen LogP contribution is -2.64. The minimum absolute atomic E-state index is 0.00283. The Kier molecular flexibility index (Phi) is 7.43. The highest BCUT2D eigenvalue weighted by molar-refractivity contribution is 5.16. The average molecular weight is 542 g/mol. The molecule has 0 radical (unpaired) electrons. The van der Waals surface area contributed by atoms with Crippen LogP contribution in [0.3, 0.4) is 0 Å². The summed E-state index contributed by atoms with van der Waals surface area (Å²) in [5.41, 5.74) is -0.570. The van der Waals surface area contributed by atoms with Crippen molar-refractivity contribution in [3.63, 3.8) is 0 Å². The Morgan fingerprint density at radius 3 is 2.34 bits per heavy atom. The van der Waals surface area contributed by atoms with Crippen LogP contribution in [0.5, 0.6) is 0 Å². The number of aromatic nitrogens is 1. The summed E-state index contributed by atoms with van der Waals surface area (Å²) in [6, 6.07) is 2.27. The van der Waals surface area contributed by atoms with E-state index in [2.05, 4.69) is 25.8 Å². The van der Waals surface area contributed by atoms with Crippen molar-refractivity contribution in [1.29, 1.82) is 0 Å². The first-order chi connectivity index (χ1) is 17.8. The molecule has 4 aliphatic rings. The second kappa shape index (κ2) is 9.99. The number of hydrogen-bond acceptors (Lipinski definition) is 4. The predicted molar refractivity (Wildman–Crippen MR) is 135 cm³/mol. The van der Waals surface area contributed by atoms with Crippen LogP contribution in [0.1, 0.15) is 96.6 Å². The highest BCUT2D eigenvalue weighted by atomic mass is 19.3. The van der Waals surface area contributed by atoms with Crippen LogP contribution in [0.15, 0.2) is 12.1 Å². The number of fused-ring (bicyclic) bond motifs is 5. The molecular weight excluding hydrogens is 498 g/mol. The zero-order valence-electron chi connectivity index (χ0n) is 22.7. The van der Waals surface area contributed by atoms with E-state index in [1.807, 2.05) is 0 Å². The molecule has 4 nitrogen and oxygen atoms in total. The standard InChI is InChI=1S/C30H43F4NO3/c1-16(5-4-6-22(36)17-7-10-24(31)35-27(17)32)18-8-9-19-25-20(11-13-28(18,19)2)29(3)14-12-23(37)26(38)21(29)15-30(25,33)34/h7,10,16,18-23,25-26,36-38H,4-6,8-9,11-15H2,1-3H3/t16-,18-,19+,20+,21+,22?,23+,25+,26-,28-,29-/m1/s1. The SMILES string of the molecule is C[C@H](CCCC(O)c1ccc(F)nc1F)[C@H]1CC[C@H]2[C@H]3[C@H](CC[C@]12C)[C@@]1(C)CC[C@H](O)[C@H](O)[C@@H]1CC3(F)F. The maximum atomic E-state index is 15.9. The molecule has 0 amide bonds. The summed E-state index contributed by atoms with van der Waals surface area (Å²) in [5.74, 6) is -5.70. The van der Waals surface area contributed by atoms with Gasteiger partial charge in [-0.05, 0) is 97.5 Å². The second-order valence-corrected chi connectivity index (χ2v) is 13.6. The van der Waals surface area contributed by atoms with E-state index in [4.69, 9.17) is 0 Å². The average Bonchev–Trinajstić information content (AvgIpc) is 3.20. The summed E-state index contributed by atoms with van der Waals surface area (Å²) < 4.78 is 58.9. The molecule has 38 heavy (non-hydrogen) atoms. The molecule has 1 aromatic rings. The minimum Gasteiger partial charge on any atom is -0.390 e. The molecule has 4 saturated carbocycles. The smallest absolute Gasteiger partial charge is 0.251 e. The molecule has 4 fully saturated rings. The molecule has 11 atom stereocenters. The molecule has 1 heterocycles. The second-order valence-electron chi connectivity index (χ2n) is 13.6. The number of pyridine rings is 1. The summed E-state index contributed by atoms with van der Waals surface area (Å²) in [5, 5.41) is 31.4. The van der Waals surface area contributed by atoms with Gasteiger partial charge in [-0.1, -0.05) is 33.6 Å². The number of rotatable bonds is 6. The normalized spacial score (nSPS) is 43.6. The van der Waals surface area contributed by atoms with Gasteiger partial charge in [0, 0.05) is 17.9 Å². The van der Waals surface area contributed by atoms with Gasteiger partial charge in [0.15, 0.2) is 0 Å². The van der Waals surface area contributed by atoms with E-state index in [1.54, 1.807) is 0 Å². The Morgan fingerprint density at radius 2 is 1.63 bits per heavy atom. The number of halogens is 4. The predicted octanol–water partition coefficient (Wildman–Crippen LogP) is 6.44. The van der Waals surface area contributed by atoms with Crippen LogP contribution in [-0.4, -0.2) is 38.4 Å². The van der Waals surface area contributed by atoms with Crippen molar-refractivity contribution in [1.82, 2.24) is 4.98 Å². The van der Waals surface area contributed by atoms with Crippen LogP contribution in [0.2, 0.25) is 0 Å². The van der Waals surface area contributed by atoms with Crippen LogP contribution in [0.4, 0.5) is 17.6 Å². The molecule has 3 N–H and O–H groups in total. The number of nitrogens with zero attached hydrogens (tertiary/aromatic N) is 1. The molecule has 0 spiro atoms. The third-order valence-corrected chi connectivity index (χ3v) is 11.8. The van der Waals surface area contributed by atoms with Crippen molar-refractivity contribution in [3.05, 3.63) is 29.6 Å². The Bertz CT molecular complexity index is 1030. The Morgan fingerprint density at radius 1 is 0.947 bits per heavy atom. The molecule has 0 aliphatic heterocycles. The third kappa shape index (κ3) is 4.50. The molecule has 5 rings (SSSR count). The molecule has 0 saturated heterocycles. The monoisotopic (exact) mass is 541 g/mol. The Balaban J connectivity index is 1.27. The number of aliphatic hydroxyl groups is 3. The highest BCUT2D eigenvalue weighted by Crippen LogP contribution is 2.71. The summed E-state index contributed by atoms with van der Waals surface area (Å²) in [4.78, 5) is 3.16. The van der Waals surface area contributed by atoms with E-state index in [0.29, 0.717) is 31.6 Å². The van der Waals surface area contributed by atoms with Crippen molar-refractivity contribution >= 4 is 0 Å². The van der Waals surface area contributed by atoms with Crippen molar-refractivity contribution in [2.45, 2.75) is 109 Å². The molecular formula is C30H43F4NO3. The fourth-order valence-corrected chi connectivity index (χ4v) is 9.82. The van der Waals surface area contributed by atoms with E-state index in [9.17, 15) is 24.1 Å². The molecule has 0 aromatic carbocycles. The van der Waals surface area contributed by atoms with Gasteiger partial charge < -0.3 is 15.3 Å². The van der Waals surface area contributed by atoms with Gasteiger partial charge in [0.25, 0.3) is 5.92 Å². The van der Waals surface area contributed by atoms with Gasteiger partial charge in [0.1, 0.15) is 0 Å². The van der Waals surface area contributed by atoms with Crippen LogP contribution in [-0.2, 0) is 0 Å². The number of alkyl halides is 2. The Labute approximate surface area is 223 Å². The largest absolute Gasteiger partial charge is 0.390 e. The zero-order valence-corrected chi connectivity index (χ0v) is 22.7.